The summed E-state index contributed by atoms with van der Waals surface area (Å²) in [6.07, 6.45) is 1.65. The van der Waals surface area contributed by atoms with Crippen LogP contribution in [0.25, 0.3) is 6.08 Å². The van der Waals surface area contributed by atoms with Crippen molar-refractivity contribution in [1.82, 2.24) is 4.90 Å². The van der Waals surface area contributed by atoms with Crippen LogP contribution >= 0.6 is 27.7 Å². The number of hydrogen-bond donors (Lipinski definition) is 0. The van der Waals surface area contributed by atoms with Gasteiger partial charge in [0.2, 0.25) is 0 Å². The summed E-state index contributed by atoms with van der Waals surface area (Å²) in [5.41, 5.74) is 2.73. The number of thioether (sulfide) groups is 1. The number of halogens is 2. The lowest BCUT2D eigenvalue weighted by Crippen LogP contribution is -2.27. The van der Waals surface area contributed by atoms with Crippen molar-refractivity contribution >= 4 is 44.9 Å². The van der Waals surface area contributed by atoms with Crippen LogP contribution < -0.4 is 4.74 Å². The van der Waals surface area contributed by atoms with Crippen molar-refractivity contribution in [3.63, 3.8) is 0 Å². The van der Waals surface area contributed by atoms with Crippen LogP contribution in [0.15, 0.2) is 76.1 Å². The molecule has 33 heavy (non-hydrogen) atoms. The molecule has 2 amide bonds. The molecular weight excluding hydrogens is 507 g/mol. The van der Waals surface area contributed by atoms with Crippen LogP contribution in [0.2, 0.25) is 0 Å². The zero-order valence-corrected chi connectivity index (χ0v) is 19.5. The molecule has 5 nitrogen and oxygen atoms in total. The van der Waals surface area contributed by atoms with E-state index in [0.717, 1.165) is 27.8 Å². The van der Waals surface area contributed by atoms with Gasteiger partial charge >= 0.3 is 0 Å². The minimum Gasteiger partial charge on any atom is -0.488 e. The normalized spacial score (nSPS) is 14.6. The average molecular weight is 523 g/mol. The van der Waals surface area contributed by atoms with Crippen LogP contribution in [0.4, 0.5) is 9.18 Å². The fourth-order valence-electron chi connectivity index (χ4n) is 3.19. The first-order valence-electron chi connectivity index (χ1n) is 9.85. The molecule has 3 aromatic carbocycles. The Morgan fingerprint density at radius 2 is 1.85 bits per heavy atom. The van der Waals surface area contributed by atoms with Crippen molar-refractivity contribution < 1.29 is 18.7 Å². The highest BCUT2D eigenvalue weighted by Crippen LogP contribution is 2.35. The molecule has 0 unspecified atom stereocenters. The van der Waals surface area contributed by atoms with Gasteiger partial charge in [0.05, 0.1) is 27.6 Å². The molecule has 1 saturated heterocycles. The van der Waals surface area contributed by atoms with E-state index in [4.69, 9.17) is 4.74 Å². The van der Waals surface area contributed by atoms with Gasteiger partial charge in [-0.3, -0.25) is 14.5 Å². The molecule has 4 rings (SSSR count). The van der Waals surface area contributed by atoms with Crippen LogP contribution in [0, 0.1) is 17.1 Å². The Labute approximate surface area is 202 Å². The summed E-state index contributed by atoms with van der Waals surface area (Å²) < 4.78 is 19.6. The molecule has 3 aromatic rings. The molecule has 1 fully saturated rings. The first-order valence-corrected chi connectivity index (χ1v) is 11.5. The number of rotatable bonds is 6. The fourth-order valence-corrected chi connectivity index (χ4v) is 4.54. The molecule has 0 saturated carbocycles. The highest BCUT2D eigenvalue weighted by molar-refractivity contribution is 9.10. The quantitative estimate of drug-likeness (QED) is 0.356. The minimum atomic E-state index is -0.390. The molecule has 1 aliphatic heterocycles. The fraction of sp³-hybridized carbons (Fsp3) is 0.0800. The number of nitrogens with zero attached hydrogens (tertiary/aromatic N) is 2. The maximum Gasteiger partial charge on any atom is 0.293 e. The van der Waals surface area contributed by atoms with Crippen LogP contribution in [0.5, 0.6) is 5.75 Å². The SMILES string of the molecule is N#Cc1ccccc1COc1ccc(C=C2SC(=O)N(Cc3ccc(F)cc3)C2=O)cc1Br. The highest BCUT2D eigenvalue weighted by Gasteiger charge is 2.35. The lowest BCUT2D eigenvalue weighted by molar-refractivity contribution is -0.123. The van der Waals surface area contributed by atoms with E-state index in [-0.39, 0.29) is 30.1 Å². The average Bonchev–Trinajstić information content (AvgIpc) is 3.07. The summed E-state index contributed by atoms with van der Waals surface area (Å²) in [5.74, 6) is -0.178. The van der Waals surface area contributed by atoms with Gasteiger partial charge in [-0.05, 0) is 75.2 Å². The van der Waals surface area contributed by atoms with Crippen molar-refractivity contribution in [2.75, 3.05) is 0 Å². The van der Waals surface area contributed by atoms with Gasteiger partial charge in [-0.2, -0.15) is 5.26 Å². The molecule has 164 valence electrons. The Bertz CT molecular complexity index is 1300. The lowest BCUT2D eigenvalue weighted by atomic mass is 10.1. The van der Waals surface area contributed by atoms with E-state index >= 15 is 0 Å². The van der Waals surface area contributed by atoms with Crippen LogP contribution in [0.1, 0.15) is 22.3 Å². The third-order valence-corrected chi connectivity index (χ3v) is 6.43. The maximum atomic E-state index is 13.1. The smallest absolute Gasteiger partial charge is 0.293 e. The highest BCUT2D eigenvalue weighted by atomic mass is 79.9. The standard InChI is InChI=1S/C25H16BrFN2O3S/c26-21-11-17(7-10-22(21)32-15-19-4-2-1-3-18(19)13-28)12-23-24(30)29(25(31)33-23)14-16-5-8-20(27)9-6-16/h1-12H,14-15H2. The molecule has 1 aliphatic rings. The van der Waals surface area contributed by atoms with Gasteiger partial charge in [-0.1, -0.05) is 36.4 Å². The summed E-state index contributed by atoms with van der Waals surface area (Å²) in [7, 11) is 0. The topological polar surface area (TPSA) is 70.4 Å². The number of imide groups is 1. The van der Waals surface area contributed by atoms with Crippen LogP contribution in [-0.4, -0.2) is 16.0 Å². The molecule has 8 heteroatoms. The Morgan fingerprint density at radius 1 is 1.09 bits per heavy atom. The summed E-state index contributed by atoms with van der Waals surface area (Å²) in [4.78, 5) is 26.5. The number of carbonyl (C=O) groups is 2. The van der Waals surface area contributed by atoms with Crippen LogP contribution in [-0.2, 0) is 17.9 Å². The molecule has 0 aromatic heterocycles. The Balaban J connectivity index is 1.46. The number of benzene rings is 3. The Kier molecular flexibility index (Phi) is 6.92. The number of carbonyl (C=O) groups excluding carboxylic acids is 2. The van der Waals surface area contributed by atoms with E-state index < -0.39 is 0 Å². The molecule has 0 aliphatic carbocycles. The lowest BCUT2D eigenvalue weighted by Gasteiger charge is -2.12. The molecule has 0 radical (unpaired) electrons. The largest absolute Gasteiger partial charge is 0.488 e. The van der Waals surface area contributed by atoms with Gasteiger partial charge in [0.15, 0.2) is 0 Å². The summed E-state index contributed by atoms with van der Waals surface area (Å²) in [6.45, 7) is 0.326. The predicted octanol–water partition coefficient (Wildman–Crippen LogP) is 6.28. The van der Waals surface area contributed by atoms with Gasteiger partial charge in [-0.25, -0.2) is 4.39 Å². The number of hydrogen-bond acceptors (Lipinski definition) is 5. The van der Waals surface area contributed by atoms with E-state index in [1.54, 1.807) is 48.5 Å². The van der Waals surface area contributed by atoms with E-state index in [1.807, 2.05) is 12.1 Å². The summed E-state index contributed by atoms with van der Waals surface area (Å²) in [6, 6.07) is 20.4. The van der Waals surface area contributed by atoms with Gasteiger partial charge in [-0.15, -0.1) is 0 Å². The third kappa shape index (κ3) is 5.33. The molecular formula is C25H16BrFN2O3S. The Morgan fingerprint density at radius 3 is 2.58 bits per heavy atom. The second kappa shape index (κ2) is 10.0. The van der Waals surface area contributed by atoms with Gasteiger partial charge in [0.1, 0.15) is 18.2 Å². The first kappa shape index (κ1) is 22.8. The zero-order chi connectivity index (χ0) is 23.4. The first-order chi connectivity index (χ1) is 15.9. The monoisotopic (exact) mass is 522 g/mol. The second-order valence-electron chi connectivity index (χ2n) is 7.14. The molecule has 0 N–H and O–H groups in total. The van der Waals surface area contributed by atoms with Crippen molar-refractivity contribution in [1.29, 1.82) is 5.26 Å². The van der Waals surface area contributed by atoms with Crippen molar-refractivity contribution in [3.8, 4) is 11.8 Å². The Hall–Kier alpha value is -3.41. The summed E-state index contributed by atoms with van der Waals surface area (Å²) in [5, 5.41) is 8.83. The number of amides is 2. The third-order valence-electron chi connectivity index (χ3n) is 4.90. The molecule has 1 heterocycles. The summed E-state index contributed by atoms with van der Waals surface area (Å²) >= 11 is 4.34. The van der Waals surface area contributed by atoms with Crippen molar-refractivity contribution in [2.45, 2.75) is 13.2 Å². The number of ether oxygens (including phenoxy) is 1. The van der Waals surface area contributed by atoms with Gasteiger partial charge in [0, 0.05) is 5.56 Å². The van der Waals surface area contributed by atoms with E-state index in [0.29, 0.717) is 26.3 Å². The molecule has 0 atom stereocenters. The minimum absolute atomic E-state index is 0.0862. The van der Waals surface area contributed by atoms with E-state index in [9.17, 15) is 19.2 Å². The molecule has 0 spiro atoms. The van der Waals surface area contributed by atoms with Gasteiger partial charge in [0.25, 0.3) is 11.1 Å². The predicted molar refractivity (Wildman–Crippen MR) is 128 cm³/mol. The van der Waals surface area contributed by atoms with E-state index in [1.165, 1.54) is 12.1 Å². The van der Waals surface area contributed by atoms with Gasteiger partial charge < -0.3 is 4.74 Å². The second-order valence-corrected chi connectivity index (χ2v) is 8.99. The number of nitriles is 1. The van der Waals surface area contributed by atoms with E-state index in [2.05, 4.69) is 22.0 Å². The van der Waals surface area contributed by atoms with Crippen molar-refractivity contribution in [3.05, 3.63) is 104 Å². The van der Waals surface area contributed by atoms with Crippen molar-refractivity contribution in [2.24, 2.45) is 0 Å². The molecule has 0 bridgehead atoms. The van der Waals surface area contributed by atoms with Crippen LogP contribution in [0.3, 0.4) is 0 Å². The maximum absolute atomic E-state index is 13.1. The zero-order valence-electron chi connectivity index (χ0n) is 17.1.